The van der Waals surface area contributed by atoms with Gasteiger partial charge < -0.3 is 24.8 Å². The van der Waals surface area contributed by atoms with Gasteiger partial charge in [-0.15, -0.1) is 24.0 Å². The van der Waals surface area contributed by atoms with Crippen LogP contribution in [0.3, 0.4) is 0 Å². The van der Waals surface area contributed by atoms with E-state index in [4.69, 9.17) is 14.2 Å². The molecule has 148 valence electrons. The molecular formula is C19H32IN3O3. The predicted octanol–water partition coefficient (Wildman–Crippen LogP) is 3.34. The Balaban J connectivity index is 0.00000338. The van der Waals surface area contributed by atoms with Crippen LogP contribution in [0.5, 0.6) is 11.5 Å². The maximum absolute atomic E-state index is 5.82. The molecule has 1 aromatic carbocycles. The summed E-state index contributed by atoms with van der Waals surface area (Å²) in [5.74, 6) is 2.29. The van der Waals surface area contributed by atoms with Gasteiger partial charge in [-0.1, -0.05) is 6.07 Å². The number of halogens is 1. The Morgan fingerprint density at radius 2 is 2.08 bits per heavy atom. The molecule has 2 N–H and O–H groups in total. The molecule has 1 fully saturated rings. The molecule has 1 saturated heterocycles. The summed E-state index contributed by atoms with van der Waals surface area (Å²) in [7, 11) is 1.65. The van der Waals surface area contributed by atoms with E-state index >= 15 is 0 Å². The zero-order chi connectivity index (χ0) is 18.1. The number of ether oxygens (including phenoxy) is 3. The van der Waals surface area contributed by atoms with Crippen molar-refractivity contribution in [3.8, 4) is 11.5 Å². The molecule has 1 aromatic rings. The molecule has 1 aliphatic heterocycles. The van der Waals surface area contributed by atoms with E-state index in [1.54, 1.807) is 7.11 Å². The Morgan fingerprint density at radius 3 is 2.69 bits per heavy atom. The minimum Gasteiger partial charge on any atom is -0.493 e. The van der Waals surface area contributed by atoms with Gasteiger partial charge in [0.05, 0.1) is 25.9 Å². The van der Waals surface area contributed by atoms with Gasteiger partial charge >= 0.3 is 0 Å². The molecular weight excluding hydrogens is 445 g/mol. The van der Waals surface area contributed by atoms with Crippen LogP contribution in [-0.4, -0.2) is 45.0 Å². The summed E-state index contributed by atoms with van der Waals surface area (Å²) in [6, 6.07) is 5.91. The fraction of sp³-hybridized carbons (Fsp3) is 0.632. The molecule has 26 heavy (non-hydrogen) atoms. The van der Waals surface area contributed by atoms with Gasteiger partial charge in [0.1, 0.15) is 0 Å². The van der Waals surface area contributed by atoms with E-state index in [1.807, 2.05) is 25.1 Å². The summed E-state index contributed by atoms with van der Waals surface area (Å²) in [5.41, 5.74) is 0.975. The quantitative estimate of drug-likeness (QED) is 0.342. The third kappa shape index (κ3) is 6.83. The van der Waals surface area contributed by atoms with E-state index in [-0.39, 0.29) is 29.6 Å². The summed E-state index contributed by atoms with van der Waals surface area (Å²) in [4.78, 5) is 4.68. The zero-order valence-corrected chi connectivity index (χ0v) is 18.6. The van der Waals surface area contributed by atoms with Gasteiger partial charge in [0.15, 0.2) is 17.5 Å². The first-order valence-corrected chi connectivity index (χ1v) is 9.06. The summed E-state index contributed by atoms with van der Waals surface area (Å²) in [5, 5.41) is 6.68. The number of nitrogens with zero attached hydrogens (tertiary/aromatic N) is 1. The number of aliphatic imine (C=N–C) groups is 1. The molecule has 1 heterocycles. The highest BCUT2D eigenvalue weighted by Crippen LogP contribution is 2.28. The van der Waals surface area contributed by atoms with Crippen LogP contribution in [0.1, 0.15) is 39.2 Å². The number of rotatable bonds is 8. The summed E-state index contributed by atoms with van der Waals surface area (Å²) >= 11 is 0. The third-order valence-electron chi connectivity index (χ3n) is 4.22. The summed E-state index contributed by atoms with van der Waals surface area (Å²) in [6.45, 7) is 9.76. The highest BCUT2D eigenvalue weighted by molar-refractivity contribution is 14.0. The van der Waals surface area contributed by atoms with Crippen molar-refractivity contribution in [3.63, 3.8) is 0 Å². The van der Waals surface area contributed by atoms with Crippen LogP contribution in [-0.2, 0) is 11.3 Å². The van der Waals surface area contributed by atoms with Crippen molar-refractivity contribution in [1.82, 2.24) is 10.6 Å². The molecule has 6 nitrogen and oxygen atoms in total. The van der Waals surface area contributed by atoms with Gasteiger partial charge in [-0.2, -0.15) is 0 Å². The van der Waals surface area contributed by atoms with E-state index in [0.29, 0.717) is 13.2 Å². The van der Waals surface area contributed by atoms with E-state index in [0.717, 1.165) is 55.6 Å². The highest BCUT2D eigenvalue weighted by Gasteiger charge is 2.29. The van der Waals surface area contributed by atoms with Gasteiger partial charge in [0.25, 0.3) is 0 Å². The lowest BCUT2D eigenvalue weighted by Gasteiger charge is -2.24. The largest absolute Gasteiger partial charge is 0.493 e. The number of guanidine groups is 1. The van der Waals surface area contributed by atoms with Crippen LogP contribution in [0, 0.1) is 0 Å². The van der Waals surface area contributed by atoms with Gasteiger partial charge in [-0.25, -0.2) is 4.99 Å². The summed E-state index contributed by atoms with van der Waals surface area (Å²) < 4.78 is 16.8. The number of methoxy groups -OCH3 is 1. The number of hydrogen-bond acceptors (Lipinski definition) is 4. The smallest absolute Gasteiger partial charge is 0.191 e. The molecule has 7 heteroatoms. The molecule has 0 radical (unpaired) electrons. The average Bonchev–Trinajstić information content (AvgIpc) is 3.05. The molecule has 0 amide bonds. The van der Waals surface area contributed by atoms with Gasteiger partial charge in [-0.3, -0.25) is 0 Å². The molecule has 0 aliphatic carbocycles. The fourth-order valence-corrected chi connectivity index (χ4v) is 2.85. The number of benzene rings is 1. The van der Waals surface area contributed by atoms with Crippen LogP contribution in [0.2, 0.25) is 0 Å². The lowest BCUT2D eigenvalue weighted by atomic mass is 10.0. The molecule has 0 saturated carbocycles. The normalized spacial score (nSPS) is 19.6. The van der Waals surface area contributed by atoms with Crippen molar-refractivity contribution in [2.75, 3.05) is 33.4 Å². The van der Waals surface area contributed by atoms with Crippen LogP contribution in [0.25, 0.3) is 0 Å². The van der Waals surface area contributed by atoms with Gasteiger partial charge in [0.2, 0.25) is 0 Å². The zero-order valence-electron chi connectivity index (χ0n) is 16.3. The molecule has 2 rings (SSSR count). The first-order valence-electron chi connectivity index (χ1n) is 9.06. The lowest BCUT2D eigenvalue weighted by Crippen LogP contribution is -2.45. The lowest BCUT2D eigenvalue weighted by molar-refractivity contribution is 0.0243. The Hall–Kier alpha value is -1.22. The first kappa shape index (κ1) is 22.8. The van der Waals surface area contributed by atoms with Crippen LogP contribution >= 0.6 is 24.0 Å². The number of hydrogen-bond donors (Lipinski definition) is 2. The molecule has 1 atom stereocenters. The highest BCUT2D eigenvalue weighted by atomic mass is 127. The second-order valence-electron chi connectivity index (χ2n) is 6.37. The molecule has 1 unspecified atom stereocenters. The minimum absolute atomic E-state index is 0. The van der Waals surface area contributed by atoms with Crippen molar-refractivity contribution in [1.29, 1.82) is 0 Å². The molecule has 1 aliphatic rings. The Bertz CT molecular complexity index is 575. The average molecular weight is 477 g/mol. The Morgan fingerprint density at radius 1 is 1.27 bits per heavy atom. The predicted molar refractivity (Wildman–Crippen MR) is 116 cm³/mol. The molecule has 0 spiro atoms. The van der Waals surface area contributed by atoms with Crippen molar-refractivity contribution in [3.05, 3.63) is 23.8 Å². The first-order chi connectivity index (χ1) is 12.1. The van der Waals surface area contributed by atoms with Crippen molar-refractivity contribution >= 4 is 29.9 Å². The topological polar surface area (TPSA) is 64.1 Å². The fourth-order valence-electron chi connectivity index (χ4n) is 2.85. The van der Waals surface area contributed by atoms with Crippen LogP contribution in [0.15, 0.2) is 23.2 Å². The monoisotopic (exact) mass is 477 g/mol. The van der Waals surface area contributed by atoms with Crippen LogP contribution < -0.4 is 20.1 Å². The standard InChI is InChI=1S/C19H31N3O3.HI/c1-5-20-18(22-14-19(3)10-7-11-25-19)21-13-15-8-9-16(23-4)17(12-15)24-6-2;/h8-9,12H,5-7,10-11,13-14H2,1-4H3,(H2,20,21,22);1H. The second kappa shape index (κ2) is 11.5. The van der Waals surface area contributed by atoms with E-state index in [1.165, 1.54) is 0 Å². The van der Waals surface area contributed by atoms with E-state index in [9.17, 15) is 0 Å². The van der Waals surface area contributed by atoms with Crippen molar-refractivity contribution < 1.29 is 14.2 Å². The minimum atomic E-state index is -0.0988. The maximum atomic E-state index is 5.82. The van der Waals surface area contributed by atoms with E-state index in [2.05, 4.69) is 29.5 Å². The Kier molecular flexibility index (Phi) is 10.1. The van der Waals surface area contributed by atoms with Crippen molar-refractivity contribution in [2.45, 2.75) is 45.8 Å². The Labute approximate surface area is 174 Å². The van der Waals surface area contributed by atoms with Gasteiger partial charge in [-0.05, 0) is 51.3 Å². The van der Waals surface area contributed by atoms with Gasteiger partial charge in [0, 0.05) is 19.7 Å². The molecule has 0 aromatic heterocycles. The molecule has 0 bridgehead atoms. The van der Waals surface area contributed by atoms with Crippen LogP contribution in [0.4, 0.5) is 0 Å². The maximum Gasteiger partial charge on any atom is 0.191 e. The third-order valence-corrected chi connectivity index (χ3v) is 4.22. The van der Waals surface area contributed by atoms with Crippen molar-refractivity contribution in [2.24, 2.45) is 4.99 Å². The number of nitrogens with one attached hydrogen (secondary N) is 2. The summed E-state index contributed by atoms with van der Waals surface area (Å²) in [6.07, 6.45) is 2.20. The van der Waals surface area contributed by atoms with E-state index < -0.39 is 0 Å². The SMILES string of the molecule is CCNC(=NCc1ccc(OC)c(OCC)c1)NCC1(C)CCCO1.I. The second-order valence-corrected chi connectivity index (χ2v) is 6.37.